The van der Waals surface area contributed by atoms with Gasteiger partial charge in [0.2, 0.25) is 5.91 Å². The molecule has 0 spiro atoms. The van der Waals surface area contributed by atoms with Crippen molar-refractivity contribution >= 4 is 11.7 Å². The van der Waals surface area contributed by atoms with E-state index in [0.717, 1.165) is 0 Å². The predicted molar refractivity (Wildman–Crippen MR) is 27.1 cm³/mol. The summed E-state index contributed by atoms with van der Waals surface area (Å²) in [5, 5.41) is 10.4. The van der Waals surface area contributed by atoms with E-state index in [1.807, 2.05) is 0 Å². The topological polar surface area (TPSA) is 70.0 Å². The standard InChI is InChI=1S/C5H4N2O2/c6-1-3-4(8)2-7-5(3)9/h3H,2H2,(H,7,9). The van der Waals surface area contributed by atoms with Crippen molar-refractivity contribution in [2.24, 2.45) is 5.92 Å². The molecule has 0 aromatic heterocycles. The summed E-state index contributed by atoms with van der Waals surface area (Å²) in [6.07, 6.45) is 0. The molecule has 46 valence electrons. The first kappa shape index (κ1) is 5.76. The van der Waals surface area contributed by atoms with Crippen LogP contribution >= 0.6 is 0 Å². The summed E-state index contributed by atoms with van der Waals surface area (Å²) in [4.78, 5) is 21.0. The number of ketones is 1. The fraction of sp³-hybridized carbons (Fsp3) is 0.400. The van der Waals surface area contributed by atoms with E-state index in [0.29, 0.717) is 0 Å². The van der Waals surface area contributed by atoms with Crippen molar-refractivity contribution in [3.8, 4) is 6.07 Å². The van der Waals surface area contributed by atoms with Gasteiger partial charge in [-0.05, 0) is 0 Å². The fourth-order valence-corrected chi connectivity index (χ4v) is 0.655. The van der Waals surface area contributed by atoms with E-state index in [1.165, 1.54) is 0 Å². The van der Waals surface area contributed by atoms with Gasteiger partial charge in [0.05, 0.1) is 12.6 Å². The number of Topliss-reactive ketones (excluding diaryl/α,β-unsaturated/α-hetero) is 1. The van der Waals surface area contributed by atoms with Crippen LogP contribution in [0, 0.1) is 17.2 Å². The van der Waals surface area contributed by atoms with Gasteiger partial charge >= 0.3 is 0 Å². The lowest BCUT2D eigenvalue weighted by molar-refractivity contribution is -0.125. The molecule has 0 aromatic rings. The number of amides is 1. The largest absolute Gasteiger partial charge is 0.347 e. The Kier molecular flexibility index (Phi) is 1.19. The van der Waals surface area contributed by atoms with Gasteiger partial charge in [-0.3, -0.25) is 9.59 Å². The highest BCUT2D eigenvalue weighted by molar-refractivity contribution is 6.10. The number of nitrogens with zero attached hydrogens (tertiary/aromatic N) is 1. The van der Waals surface area contributed by atoms with Gasteiger partial charge < -0.3 is 5.32 Å². The first-order valence-corrected chi connectivity index (χ1v) is 2.45. The number of hydrogen-bond acceptors (Lipinski definition) is 3. The minimum Gasteiger partial charge on any atom is -0.347 e. The van der Waals surface area contributed by atoms with Crippen LogP contribution in [0.3, 0.4) is 0 Å². The van der Waals surface area contributed by atoms with Gasteiger partial charge in [0.1, 0.15) is 0 Å². The molecule has 0 bridgehead atoms. The average Bonchev–Trinajstić information content (AvgIpc) is 2.12. The number of nitrogens with one attached hydrogen (secondary N) is 1. The summed E-state index contributed by atoms with van der Waals surface area (Å²) in [5.74, 6) is -1.85. The molecular formula is C5H4N2O2. The fourth-order valence-electron chi connectivity index (χ4n) is 0.655. The molecule has 1 fully saturated rings. The second kappa shape index (κ2) is 1.86. The maximum atomic E-state index is 10.5. The van der Waals surface area contributed by atoms with Crippen LogP contribution in [0.2, 0.25) is 0 Å². The lowest BCUT2D eigenvalue weighted by Gasteiger charge is -1.86. The molecule has 0 saturated carbocycles. The number of carbonyl (C=O) groups excluding carboxylic acids is 2. The molecule has 0 radical (unpaired) electrons. The highest BCUT2D eigenvalue weighted by Crippen LogP contribution is 2.01. The Labute approximate surface area is 51.5 Å². The number of hydrogen-bond donors (Lipinski definition) is 1. The smallest absolute Gasteiger partial charge is 0.245 e. The number of rotatable bonds is 0. The summed E-state index contributed by atoms with van der Waals surface area (Å²) in [5.41, 5.74) is 0. The van der Waals surface area contributed by atoms with Gasteiger partial charge in [-0.2, -0.15) is 5.26 Å². The molecule has 1 heterocycles. The lowest BCUT2D eigenvalue weighted by Crippen LogP contribution is -2.18. The number of nitriles is 1. The van der Waals surface area contributed by atoms with Crippen LogP contribution < -0.4 is 5.32 Å². The van der Waals surface area contributed by atoms with E-state index in [-0.39, 0.29) is 12.3 Å². The summed E-state index contributed by atoms with van der Waals surface area (Å²) in [6.45, 7) is 0.0110. The van der Waals surface area contributed by atoms with Crippen molar-refractivity contribution in [3.63, 3.8) is 0 Å². The van der Waals surface area contributed by atoms with Crippen molar-refractivity contribution in [2.75, 3.05) is 6.54 Å². The zero-order chi connectivity index (χ0) is 6.85. The molecule has 1 amide bonds. The first-order valence-electron chi connectivity index (χ1n) is 2.45. The number of carbonyl (C=O) groups is 2. The van der Waals surface area contributed by atoms with Crippen LogP contribution in [0.4, 0.5) is 0 Å². The SMILES string of the molecule is N#CC1C(=O)CNC1=O. The van der Waals surface area contributed by atoms with Gasteiger partial charge in [-0.1, -0.05) is 0 Å². The van der Waals surface area contributed by atoms with E-state index in [4.69, 9.17) is 5.26 Å². The third kappa shape index (κ3) is 0.765. The van der Waals surface area contributed by atoms with Gasteiger partial charge in [-0.15, -0.1) is 0 Å². The van der Waals surface area contributed by atoms with Crippen LogP contribution in [0.15, 0.2) is 0 Å². The van der Waals surface area contributed by atoms with Crippen LogP contribution in [0.1, 0.15) is 0 Å². The second-order valence-electron chi connectivity index (χ2n) is 1.75. The molecular weight excluding hydrogens is 120 g/mol. The Morgan fingerprint density at radius 1 is 1.67 bits per heavy atom. The monoisotopic (exact) mass is 124 g/mol. The van der Waals surface area contributed by atoms with Crippen LogP contribution in [0.25, 0.3) is 0 Å². The van der Waals surface area contributed by atoms with Crippen LogP contribution in [0.5, 0.6) is 0 Å². The molecule has 1 N–H and O–H groups in total. The Bertz CT molecular complexity index is 187. The second-order valence-corrected chi connectivity index (χ2v) is 1.75. The molecule has 1 aliphatic rings. The minimum absolute atomic E-state index is 0.0110. The van der Waals surface area contributed by atoms with Crippen molar-refractivity contribution in [3.05, 3.63) is 0 Å². The Balaban J connectivity index is 2.81. The third-order valence-corrected chi connectivity index (χ3v) is 1.15. The van der Waals surface area contributed by atoms with E-state index in [1.54, 1.807) is 6.07 Å². The Morgan fingerprint density at radius 3 is 2.56 bits per heavy atom. The minimum atomic E-state index is -1.05. The van der Waals surface area contributed by atoms with E-state index >= 15 is 0 Å². The highest BCUT2D eigenvalue weighted by atomic mass is 16.2. The molecule has 1 atom stereocenters. The molecule has 4 heteroatoms. The highest BCUT2D eigenvalue weighted by Gasteiger charge is 2.32. The predicted octanol–water partition coefficient (Wildman–Crippen LogP) is -1.17. The van der Waals surface area contributed by atoms with Gasteiger partial charge in [-0.25, -0.2) is 0 Å². The average molecular weight is 124 g/mol. The Hall–Kier alpha value is -1.37. The van der Waals surface area contributed by atoms with E-state index in [2.05, 4.69) is 5.32 Å². The maximum Gasteiger partial charge on any atom is 0.245 e. The van der Waals surface area contributed by atoms with Gasteiger partial charge in [0.25, 0.3) is 0 Å². The molecule has 0 aliphatic carbocycles. The Morgan fingerprint density at radius 2 is 2.33 bits per heavy atom. The van der Waals surface area contributed by atoms with Crippen molar-refractivity contribution in [2.45, 2.75) is 0 Å². The molecule has 9 heavy (non-hydrogen) atoms. The van der Waals surface area contributed by atoms with E-state index < -0.39 is 11.8 Å². The van der Waals surface area contributed by atoms with Crippen molar-refractivity contribution in [1.29, 1.82) is 5.26 Å². The molecule has 1 saturated heterocycles. The normalized spacial score (nSPS) is 25.4. The third-order valence-electron chi connectivity index (χ3n) is 1.15. The summed E-state index contributed by atoms with van der Waals surface area (Å²) >= 11 is 0. The van der Waals surface area contributed by atoms with Crippen LogP contribution in [-0.2, 0) is 9.59 Å². The molecule has 1 rings (SSSR count). The van der Waals surface area contributed by atoms with Crippen LogP contribution in [-0.4, -0.2) is 18.2 Å². The van der Waals surface area contributed by atoms with E-state index in [9.17, 15) is 9.59 Å². The molecule has 1 aliphatic heterocycles. The van der Waals surface area contributed by atoms with Crippen molar-refractivity contribution in [1.82, 2.24) is 5.32 Å². The molecule has 4 nitrogen and oxygen atoms in total. The van der Waals surface area contributed by atoms with Gasteiger partial charge in [0.15, 0.2) is 11.7 Å². The van der Waals surface area contributed by atoms with Crippen molar-refractivity contribution < 1.29 is 9.59 Å². The zero-order valence-electron chi connectivity index (χ0n) is 4.55. The summed E-state index contributed by atoms with van der Waals surface area (Å²) in [7, 11) is 0. The molecule has 0 aromatic carbocycles. The van der Waals surface area contributed by atoms with Gasteiger partial charge in [0, 0.05) is 0 Å². The lowest BCUT2D eigenvalue weighted by atomic mass is 10.1. The molecule has 1 unspecified atom stereocenters. The zero-order valence-corrected chi connectivity index (χ0v) is 4.55. The summed E-state index contributed by atoms with van der Waals surface area (Å²) < 4.78 is 0. The quantitative estimate of drug-likeness (QED) is 0.413. The maximum absolute atomic E-state index is 10.5. The summed E-state index contributed by atoms with van der Waals surface area (Å²) in [6, 6.07) is 1.60. The first-order chi connectivity index (χ1) is 4.25.